The van der Waals surface area contributed by atoms with Crippen LogP contribution in [-0.4, -0.2) is 61.8 Å². The van der Waals surface area contributed by atoms with Crippen LogP contribution in [0.15, 0.2) is 6.33 Å². The van der Waals surface area contributed by atoms with Gasteiger partial charge in [-0.05, 0) is 30.9 Å². The van der Waals surface area contributed by atoms with Gasteiger partial charge in [-0.1, -0.05) is 0 Å². The van der Waals surface area contributed by atoms with Gasteiger partial charge in [0.15, 0.2) is 11.5 Å². The van der Waals surface area contributed by atoms with Crippen LogP contribution in [0.5, 0.6) is 0 Å². The number of rotatable bonds is 6. The number of halogens is 1. The first kappa shape index (κ1) is 19.0. The number of fused-ring (bicyclic) bond motifs is 2. The van der Waals surface area contributed by atoms with Gasteiger partial charge in [0, 0.05) is 12.1 Å². The van der Waals surface area contributed by atoms with Gasteiger partial charge in [0.05, 0.1) is 31.7 Å². The SMILES string of the molecule is CCOP(C)(=O)OC[C@@]12C[C@@H]1[C@@H](n1cnc3c(N)nc(Cl)nc31)[C@H](O)[C@@H]2O. The minimum absolute atomic E-state index is 0.0242. The second-order valence-corrected chi connectivity index (χ2v) is 9.53. The molecule has 0 radical (unpaired) electrons. The molecule has 0 amide bonds. The van der Waals surface area contributed by atoms with Crippen LogP contribution >= 0.6 is 19.2 Å². The number of imidazole rings is 1. The molecule has 0 aliphatic heterocycles. The van der Waals surface area contributed by atoms with Gasteiger partial charge in [-0.3, -0.25) is 4.57 Å². The molecule has 2 aromatic rings. The average molecular weight is 418 g/mol. The van der Waals surface area contributed by atoms with Gasteiger partial charge in [0.1, 0.15) is 11.6 Å². The van der Waals surface area contributed by atoms with Crippen molar-refractivity contribution in [1.29, 1.82) is 0 Å². The maximum absolute atomic E-state index is 12.2. The number of hydrogen-bond acceptors (Lipinski definition) is 9. The first-order valence-electron chi connectivity index (χ1n) is 8.58. The molecule has 0 bridgehead atoms. The molecular weight excluding hydrogens is 397 g/mol. The molecule has 4 rings (SSSR count). The topological polar surface area (TPSA) is 146 Å². The molecule has 2 aliphatic rings. The van der Waals surface area contributed by atoms with E-state index in [1.54, 1.807) is 11.5 Å². The molecule has 0 aromatic carbocycles. The zero-order valence-corrected chi connectivity index (χ0v) is 16.5. The van der Waals surface area contributed by atoms with Crippen molar-refractivity contribution in [3.63, 3.8) is 0 Å². The molecule has 10 nitrogen and oxygen atoms in total. The molecule has 1 unspecified atom stereocenters. The summed E-state index contributed by atoms with van der Waals surface area (Å²) in [5, 5.41) is 21.3. The Labute approximate surface area is 160 Å². The highest BCUT2D eigenvalue weighted by Gasteiger charge is 2.72. The smallest absolute Gasteiger partial charge is 0.327 e. The molecule has 148 valence electrons. The Hall–Kier alpha value is -1.29. The predicted octanol–water partition coefficient (Wildman–Crippen LogP) is 1.22. The maximum Gasteiger partial charge on any atom is 0.327 e. The summed E-state index contributed by atoms with van der Waals surface area (Å²) in [6, 6.07) is -0.484. The number of nitrogens with zero attached hydrogens (tertiary/aromatic N) is 4. The summed E-state index contributed by atoms with van der Waals surface area (Å²) in [6.07, 6.45) is 0.00674. The quantitative estimate of drug-likeness (QED) is 0.466. The van der Waals surface area contributed by atoms with E-state index in [9.17, 15) is 14.8 Å². The Morgan fingerprint density at radius 3 is 2.89 bits per heavy atom. The van der Waals surface area contributed by atoms with Gasteiger partial charge >= 0.3 is 7.60 Å². The van der Waals surface area contributed by atoms with E-state index in [1.807, 2.05) is 0 Å². The molecule has 2 heterocycles. The number of aliphatic hydroxyl groups is 2. The molecule has 2 saturated carbocycles. The molecule has 6 atom stereocenters. The molecule has 2 fully saturated rings. The minimum Gasteiger partial charge on any atom is -0.390 e. The van der Waals surface area contributed by atoms with Crippen molar-refractivity contribution in [2.75, 3.05) is 25.6 Å². The van der Waals surface area contributed by atoms with E-state index in [1.165, 1.54) is 13.0 Å². The molecule has 2 aliphatic carbocycles. The summed E-state index contributed by atoms with van der Waals surface area (Å²) in [6.45, 7) is 3.42. The van der Waals surface area contributed by atoms with Crippen LogP contribution in [0.25, 0.3) is 11.2 Å². The van der Waals surface area contributed by atoms with Gasteiger partial charge in [-0.15, -0.1) is 0 Å². The van der Waals surface area contributed by atoms with E-state index in [0.29, 0.717) is 17.6 Å². The molecule has 4 N–H and O–H groups in total. The third-order valence-electron chi connectivity index (χ3n) is 5.53. The summed E-state index contributed by atoms with van der Waals surface area (Å²) in [5.74, 6) is 0.0438. The van der Waals surface area contributed by atoms with Crippen LogP contribution < -0.4 is 5.73 Å². The summed E-state index contributed by atoms with van der Waals surface area (Å²) >= 11 is 5.91. The van der Waals surface area contributed by atoms with Crippen LogP contribution in [0.4, 0.5) is 5.82 Å². The third kappa shape index (κ3) is 2.95. The number of anilines is 1. The van der Waals surface area contributed by atoms with Crippen LogP contribution in [0.2, 0.25) is 5.28 Å². The average Bonchev–Trinajstić information content (AvgIpc) is 3.09. The molecule has 12 heteroatoms. The van der Waals surface area contributed by atoms with E-state index in [2.05, 4.69) is 15.0 Å². The van der Waals surface area contributed by atoms with Gasteiger partial charge in [0.25, 0.3) is 0 Å². The first-order chi connectivity index (χ1) is 12.7. The number of hydrogen-bond donors (Lipinski definition) is 3. The van der Waals surface area contributed by atoms with Gasteiger partial charge in [-0.2, -0.15) is 9.97 Å². The Kier molecular flexibility index (Phi) is 4.49. The van der Waals surface area contributed by atoms with Crippen molar-refractivity contribution < 1.29 is 23.8 Å². The number of aromatic nitrogens is 4. The lowest BCUT2D eigenvalue weighted by Crippen LogP contribution is -2.35. The summed E-state index contributed by atoms with van der Waals surface area (Å²) < 4.78 is 24.5. The summed E-state index contributed by atoms with van der Waals surface area (Å²) in [5.41, 5.74) is 5.92. The maximum atomic E-state index is 12.2. The van der Waals surface area contributed by atoms with E-state index >= 15 is 0 Å². The van der Waals surface area contributed by atoms with Crippen molar-refractivity contribution in [1.82, 2.24) is 19.5 Å². The van der Waals surface area contributed by atoms with E-state index in [4.69, 9.17) is 26.4 Å². The highest BCUT2D eigenvalue weighted by molar-refractivity contribution is 7.52. The second kappa shape index (κ2) is 6.37. The van der Waals surface area contributed by atoms with Gasteiger partial charge < -0.3 is 29.6 Å². The molecule has 0 saturated heterocycles. The molecular formula is C15H21ClN5O5P. The van der Waals surface area contributed by atoms with Crippen LogP contribution in [0, 0.1) is 11.3 Å². The standard InChI is InChI=1S/C15H21ClN5O5P/c1-3-25-27(2,24)26-5-15-4-7(15)9(10(22)11(15)23)21-6-18-8-12(17)19-14(16)20-13(8)21/h6-7,9-11,22-23H,3-5H2,1-2H3,(H2,17,19,20)/t7-,9-,10+,11+,15+,27?/m1/s1. The van der Waals surface area contributed by atoms with Crippen LogP contribution in [0.3, 0.4) is 0 Å². The fourth-order valence-electron chi connectivity index (χ4n) is 4.16. The first-order valence-corrected chi connectivity index (χ1v) is 11.0. The monoisotopic (exact) mass is 417 g/mol. The lowest BCUT2D eigenvalue weighted by atomic mass is 10.0. The van der Waals surface area contributed by atoms with Crippen molar-refractivity contribution in [3.8, 4) is 0 Å². The minimum atomic E-state index is -3.21. The number of nitrogens with two attached hydrogens (primary N) is 1. The molecule has 2 aromatic heterocycles. The Morgan fingerprint density at radius 1 is 1.44 bits per heavy atom. The van der Waals surface area contributed by atoms with E-state index < -0.39 is 31.3 Å². The highest BCUT2D eigenvalue weighted by Crippen LogP contribution is 2.69. The normalized spacial score (nSPS) is 34.6. The Morgan fingerprint density at radius 2 is 2.19 bits per heavy atom. The van der Waals surface area contributed by atoms with Gasteiger partial charge in [-0.25, -0.2) is 4.98 Å². The van der Waals surface area contributed by atoms with Crippen molar-refractivity contribution in [2.45, 2.75) is 31.6 Å². The number of aliphatic hydroxyl groups excluding tert-OH is 2. The predicted molar refractivity (Wildman–Crippen MR) is 97.4 cm³/mol. The lowest BCUT2D eigenvalue weighted by molar-refractivity contribution is -0.0285. The number of nitrogen functional groups attached to an aromatic ring is 1. The Balaban J connectivity index is 1.63. The zero-order chi connectivity index (χ0) is 19.6. The summed E-state index contributed by atoms with van der Waals surface area (Å²) in [4.78, 5) is 12.3. The van der Waals surface area contributed by atoms with Crippen molar-refractivity contribution >= 4 is 36.2 Å². The largest absolute Gasteiger partial charge is 0.390 e. The fourth-order valence-corrected chi connectivity index (χ4v) is 5.35. The van der Waals surface area contributed by atoms with Crippen LogP contribution in [-0.2, 0) is 13.6 Å². The van der Waals surface area contributed by atoms with Crippen molar-refractivity contribution in [3.05, 3.63) is 11.6 Å². The highest BCUT2D eigenvalue weighted by atomic mass is 35.5. The zero-order valence-electron chi connectivity index (χ0n) is 14.8. The fraction of sp³-hybridized carbons (Fsp3) is 0.667. The van der Waals surface area contributed by atoms with Crippen LogP contribution in [0.1, 0.15) is 19.4 Å². The Bertz CT molecular complexity index is 941. The van der Waals surface area contributed by atoms with E-state index in [0.717, 1.165) is 0 Å². The third-order valence-corrected chi connectivity index (χ3v) is 7.02. The van der Waals surface area contributed by atoms with Gasteiger partial charge in [0.2, 0.25) is 5.28 Å². The second-order valence-electron chi connectivity index (χ2n) is 7.13. The summed E-state index contributed by atoms with van der Waals surface area (Å²) in [7, 11) is -3.21. The molecule has 27 heavy (non-hydrogen) atoms. The molecule has 0 spiro atoms. The van der Waals surface area contributed by atoms with Crippen molar-refractivity contribution in [2.24, 2.45) is 11.3 Å². The lowest BCUT2D eigenvalue weighted by Gasteiger charge is -2.24. The van der Waals surface area contributed by atoms with E-state index in [-0.39, 0.29) is 30.2 Å².